The summed E-state index contributed by atoms with van der Waals surface area (Å²) < 4.78 is 16.0. The van der Waals surface area contributed by atoms with Crippen molar-refractivity contribution in [3.05, 3.63) is 83.9 Å². The molecule has 0 saturated carbocycles. The van der Waals surface area contributed by atoms with Gasteiger partial charge < -0.3 is 9.88 Å². The summed E-state index contributed by atoms with van der Waals surface area (Å²) in [6.07, 6.45) is 3.94. The molecule has 4 rings (SSSR count). The average molecular weight is 435 g/mol. The lowest BCUT2D eigenvalue weighted by Crippen LogP contribution is -2.26. The van der Waals surface area contributed by atoms with Crippen LogP contribution in [0.25, 0.3) is 11.0 Å². The van der Waals surface area contributed by atoms with Gasteiger partial charge >= 0.3 is 0 Å². The van der Waals surface area contributed by atoms with Crippen LogP contribution in [-0.2, 0) is 10.5 Å². The van der Waals surface area contributed by atoms with Gasteiger partial charge in [-0.2, -0.15) is 0 Å². The molecule has 0 fully saturated rings. The van der Waals surface area contributed by atoms with Crippen LogP contribution in [0, 0.1) is 12.7 Å². The molecule has 2 aromatic heterocycles. The van der Waals surface area contributed by atoms with Crippen molar-refractivity contribution in [2.75, 3.05) is 5.32 Å². The summed E-state index contributed by atoms with van der Waals surface area (Å²) in [5, 5.41) is 3.47. The molecular weight excluding hydrogens is 411 g/mol. The molecule has 0 radical (unpaired) electrons. The first-order valence-electron chi connectivity index (χ1n) is 10.1. The van der Waals surface area contributed by atoms with E-state index in [1.807, 2.05) is 29.7 Å². The summed E-state index contributed by atoms with van der Waals surface area (Å²) in [5.41, 5.74) is 4.16. The first kappa shape index (κ1) is 21.1. The molecule has 1 unspecified atom stereocenters. The molecular formula is C24H23FN4OS. The topological polar surface area (TPSA) is 59.8 Å². The third-order valence-corrected chi connectivity index (χ3v) is 6.21. The third kappa shape index (κ3) is 4.46. The number of imidazole rings is 1. The number of hydrogen-bond donors (Lipinski definition) is 1. The van der Waals surface area contributed by atoms with Crippen LogP contribution >= 0.6 is 11.8 Å². The summed E-state index contributed by atoms with van der Waals surface area (Å²) >= 11 is 1.58. The standard InChI is InChI=1S/C24H23FN4OS/c1-3-21(23(30)27-19-11-7-6-10-18(19)25)29-22-14-26-13-12-20(22)28-24(29)31-15-17-9-5-4-8-16(17)2/h4-14,21H,3,15H2,1-2H3,(H,27,30). The van der Waals surface area contributed by atoms with Crippen molar-refractivity contribution in [1.29, 1.82) is 0 Å². The first-order valence-corrected chi connectivity index (χ1v) is 11.1. The lowest BCUT2D eigenvalue weighted by Gasteiger charge is -2.20. The SMILES string of the molecule is CCC(C(=O)Nc1ccccc1F)n1c(SCc2ccccc2C)nc2ccncc21. The van der Waals surface area contributed by atoms with E-state index in [1.54, 1.807) is 42.4 Å². The van der Waals surface area contributed by atoms with Gasteiger partial charge in [-0.25, -0.2) is 9.37 Å². The maximum Gasteiger partial charge on any atom is 0.247 e. The quantitative estimate of drug-likeness (QED) is 0.376. The molecule has 2 aromatic carbocycles. The molecule has 1 atom stereocenters. The number of pyridine rings is 1. The van der Waals surface area contributed by atoms with Crippen LogP contribution in [-0.4, -0.2) is 20.4 Å². The normalized spacial score (nSPS) is 12.1. The van der Waals surface area contributed by atoms with Gasteiger partial charge in [0.05, 0.1) is 22.9 Å². The van der Waals surface area contributed by atoms with Crippen LogP contribution in [0.1, 0.15) is 30.5 Å². The lowest BCUT2D eigenvalue weighted by atomic mass is 10.1. The molecule has 0 aliphatic carbocycles. The van der Waals surface area contributed by atoms with Gasteiger partial charge in [-0.05, 0) is 42.7 Å². The van der Waals surface area contributed by atoms with Crippen molar-refractivity contribution < 1.29 is 9.18 Å². The maximum atomic E-state index is 14.1. The highest BCUT2D eigenvalue weighted by Gasteiger charge is 2.25. The molecule has 0 aliphatic rings. The molecule has 7 heteroatoms. The zero-order chi connectivity index (χ0) is 21.8. The Bertz CT molecular complexity index is 1220. The van der Waals surface area contributed by atoms with Crippen LogP contribution in [0.15, 0.2) is 72.1 Å². The highest BCUT2D eigenvalue weighted by molar-refractivity contribution is 7.98. The largest absolute Gasteiger partial charge is 0.322 e. The van der Waals surface area contributed by atoms with E-state index in [9.17, 15) is 9.18 Å². The van der Waals surface area contributed by atoms with Crippen LogP contribution in [0.3, 0.4) is 0 Å². The number of rotatable bonds is 7. The first-order chi connectivity index (χ1) is 15.1. The highest BCUT2D eigenvalue weighted by atomic mass is 32.2. The molecule has 0 spiro atoms. The van der Waals surface area contributed by atoms with Crippen LogP contribution in [0.2, 0.25) is 0 Å². The van der Waals surface area contributed by atoms with Gasteiger partial charge in [0.15, 0.2) is 5.16 Å². The fourth-order valence-electron chi connectivity index (χ4n) is 3.50. The Labute approximate surface area is 184 Å². The number of carbonyl (C=O) groups excluding carboxylic acids is 1. The highest BCUT2D eigenvalue weighted by Crippen LogP contribution is 2.32. The van der Waals surface area contributed by atoms with Crippen LogP contribution in [0.4, 0.5) is 10.1 Å². The van der Waals surface area contributed by atoms with E-state index in [-0.39, 0.29) is 11.6 Å². The van der Waals surface area contributed by atoms with E-state index >= 15 is 0 Å². The fraction of sp³-hybridized carbons (Fsp3) is 0.208. The minimum absolute atomic E-state index is 0.169. The monoisotopic (exact) mass is 434 g/mol. The molecule has 1 N–H and O–H groups in total. The van der Waals surface area contributed by atoms with Crippen molar-refractivity contribution in [3.63, 3.8) is 0 Å². The molecule has 0 saturated heterocycles. The molecule has 1 amide bonds. The van der Waals surface area contributed by atoms with Gasteiger partial charge in [-0.3, -0.25) is 9.78 Å². The molecule has 2 heterocycles. The van der Waals surface area contributed by atoms with Gasteiger partial charge in [0.25, 0.3) is 0 Å². The molecule has 158 valence electrons. The van der Waals surface area contributed by atoms with Crippen molar-refractivity contribution in [2.24, 2.45) is 0 Å². The molecule has 5 nitrogen and oxygen atoms in total. The second kappa shape index (κ2) is 9.31. The number of halogens is 1. The minimum atomic E-state index is -0.548. The number of thioether (sulfide) groups is 1. The number of nitrogens with zero attached hydrogens (tertiary/aromatic N) is 3. The van der Waals surface area contributed by atoms with Crippen molar-refractivity contribution in [3.8, 4) is 0 Å². The van der Waals surface area contributed by atoms with E-state index in [4.69, 9.17) is 4.98 Å². The molecule has 31 heavy (non-hydrogen) atoms. The number of fused-ring (bicyclic) bond motifs is 1. The predicted octanol–water partition coefficient (Wildman–Crippen LogP) is 5.76. The van der Waals surface area contributed by atoms with Gasteiger partial charge in [0, 0.05) is 11.9 Å². The Kier molecular flexibility index (Phi) is 6.32. The number of aromatic nitrogens is 3. The lowest BCUT2D eigenvalue weighted by molar-refractivity contribution is -0.119. The summed E-state index contributed by atoms with van der Waals surface area (Å²) in [4.78, 5) is 22.2. The number of aryl methyl sites for hydroxylation is 1. The van der Waals surface area contributed by atoms with Gasteiger partial charge in [0.1, 0.15) is 11.9 Å². The maximum absolute atomic E-state index is 14.1. The van der Waals surface area contributed by atoms with Gasteiger partial charge in [-0.15, -0.1) is 0 Å². The van der Waals surface area contributed by atoms with E-state index < -0.39 is 11.9 Å². The molecule has 4 aromatic rings. The van der Waals surface area contributed by atoms with Crippen LogP contribution in [0.5, 0.6) is 0 Å². The average Bonchev–Trinajstić information content (AvgIpc) is 3.14. The Morgan fingerprint density at radius 1 is 1.16 bits per heavy atom. The van der Waals surface area contributed by atoms with Crippen molar-refractivity contribution in [2.45, 2.75) is 37.2 Å². The second-order valence-corrected chi connectivity index (χ2v) is 8.18. The number of para-hydroxylation sites is 1. The smallest absolute Gasteiger partial charge is 0.247 e. The number of amides is 1. The van der Waals surface area contributed by atoms with Gasteiger partial charge in [0.2, 0.25) is 5.91 Å². The van der Waals surface area contributed by atoms with E-state index in [0.717, 1.165) is 21.9 Å². The Balaban J connectivity index is 1.68. The summed E-state index contributed by atoms with van der Waals surface area (Å²) in [6.45, 7) is 4.02. The van der Waals surface area contributed by atoms with Crippen LogP contribution < -0.4 is 5.32 Å². The number of hydrogen-bond acceptors (Lipinski definition) is 4. The predicted molar refractivity (Wildman–Crippen MR) is 123 cm³/mol. The van der Waals surface area contributed by atoms with E-state index in [0.29, 0.717) is 6.42 Å². The number of nitrogens with one attached hydrogen (secondary N) is 1. The Hall–Kier alpha value is -3.19. The zero-order valence-corrected chi connectivity index (χ0v) is 18.2. The zero-order valence-electron chi connectivity index (χ0n) is 17.4. The molecule has 0 aliphatic heterocycles. The Morgan fingerprint density at radius 3 is 2.71 bits per heavy atom. The second-order valence-electron chi connectivity index (χ2n) is 7.24. The fourth-order valence-corrected chi connectivity index (χ4v) is 4.64. The molecule has 0 bridgehead atoms. The third-order valence-electron chi connectivity index (χ3n) is 5.21. The number of anilines is 1. The van der Waals surface area contributed by atoms with Gasteiger partial charge in [-0.1, -0.05) is 55.1 Å². The van der Waals surface area contributed by atoms with Crippen molar-refractivity contribution >= 4 is 34.4 Å². The van der Waals surface area contributed by atoms with E-state index in [2.05, 4.69) is 29.4 Å². The Morgan fingerprint density at radius 2 is 1.94 bits per heavy atom. The summed E-state index contributed by atoms with van der Waals surface area (Å²) in [6, 6.07) is 15.7. The van der Waals surface area contributed by atoms with Crippen molar-refractivity contribution in [1.82, 2.24) is 14.5 Å². The minimum Gasteiger partial charge on any atom is -0.322 e. The van der Waals surface area contributed by atoms with E-state index in [1.165, 1.54) is 17.2 Å². The summed E-state index contributed by atoms with van der Waals surface area (Å²) in [7, 11) is 0. The summed E-state index contributed by atoms with van der Waals surface area (Å²) in [5.74, 6) is -0.0140. The number of benzene rings is 2. The number of carbonyl (C=O) groups is 1.